The highest BCUT2D eigenvalue weighted by molar-refractivity contribution is 9.10. The minimum absolute atomic E-state index is 0.109. The van der Waals surface area contributed by atoms with Gasteiger partial charge in [0, 0.05) is 5.69 Å². The summed E-state index contributed by atoms with van der Waals surface area (Å²) in [6, 6.07) is 6.08. The summed E-state index contributed by atoms with van der Waals surface area (Å²) in [6.45, 7) is 2.22. The molecule has 0 aliphatic carbocycles. The van der Waals surface area contributed by atoms with Gasteiger partial charge in [-0.3, -0.25) is 9.89 Å². The summed E-state index contributed by atoms with van der Waals surface area (Å²) in [6.07, 6.45) is 0. The molecule has 0 unspecified atom stereocenters. The maximum Gasteiger partial charge on any atom is 0.281 e. The number of aryl methyl sites for hydroxylation is 1. The molecule has 0 saturated heterocycles. The molecule has 84 valence electrons. The van der Waals surface area contributed by atoms with Crippen LogP contribution in [0.3, 0.4) is 0 Å². The summed E-state index contributed by atoms with van der Waals surface area (Å²) < 4.78 is 14.7. The van der Waals surface area contributed by atoms with E-state index in [-0.39, 0.29) is 11.4 Å². The fourth-order valence-electron chi connectivity index (χ4n) is 1.46. The Bertz CT molecular complexity index is 556. The zero-order valence-electron chi connectivity index (χ0n) is 8.63. The lowest BCUT2D eigenvalue weighted by Gasteiger charge is -2.01. The van der Waals surface area contributed by atoms with Crippen LogP contribution in [0.5, 0.6) is 0 Å². The Morgan fingerprint density at radius 3 is 2.50 bits per heavy atom. The Kier molecular flexibility index (Phi) is 2.96. The van der Waals surface area contributed by atoms with Crippen molar-refractivity contribution in [1.82, 2.24) is 9.78 Å². The molecule has 2 rings (SSSR count). The second-order valence-corrected chi connectivity index (χ2v) is 4.36. The van der Waals surface area contributed by atoms with Crippen molar-refractivity contribution in [3.8, 4) is 0 Å². The molecule has 0 aliphatic heterocycles. The fraction of sp³-hybridized carbons (Fsp3) is 0.182. The van der Waals surface area contributed by atoms with Gasteiger partial charge >= 0.3 is 0 Å². The van der Waals surface area contributed by atoms with Gasteiger partial charge in [0.1, 0.15) is 10.3 Å². The lowest BCUT2D eigenvalue weighted by molar-refractivity contribution is 0.622. The van der Waals surface area contributed by atoms with E-state index in [0.29, 0.717) is 11.0 Å². The first-order valence-electron chi connectivity index (χ1n) is 4.77. The average Bonchev–Trinajstić information content (AvgIpc) is 2.50. The van der Waals surface area contributed by atoms with Gasteiger partial charge in [-0.15, -0.1) is 0 Å². The van der Waals surface area contributed by atoms with Gasteiger partial charge in [0.15, 0.2) is 0 Å². The zero-order valence-corrected chi connectivity index (χ0v) is 10.2. The molecule has 0 spiro atoms. The number of hydrogen-bond acceptors (Lipinski definition) is 1. The van der Waals surface area contributed by atoms with Crippen LogP contribution in [0.15, 0.2) is 33.5 Å². The predicted molar refractivity (Wildman–Crippen MR) is 63.0 cm³/mol. The van der Waals surface area contributed by atoms with Crippen molar-refractivity contribution in [3.63, 3.8) is 0 Å². The Balaban J connectivity index is 2.30. The summed E-state index contributed by atoms with van der Waals surface area (Å²) in [5.41, 5.74) is 1.55. The lowest BCUT2D eigenvalue weighted by atomic mass is 10.2. The first kappa shape index (κ1) is 11.1. The normalized spacial score (nSPS) is 10.7. The van der Waals surface area contributed by atoms with Crippen molar-refractivity contribution in [2.45, 2.75) is 13.5 Å². The summed E-state index contributed by atoms with van der Waals surface area (Å²) in [7, 11) is 0. The van der Waals surface area contributed by atoms with Crippen LogP contribution >= 0.6 is 15.9 Å². The van der Waals surface area contributed by atoms with E-state index in [2.05, 4.69) is 21.0 Å². The van der Waals surface area contributed by atoms with Crippen LogP contribution < -0.4 is 5.56 Å². The molecular formula is C11H10BrFN2O. The largest absolute Gasteiger partial charge is 0.299 e. The molecule has 0 aliphatic rings. The second-order valence-electron chi connectivity index (χ2n) is 3.57. The number of aromatic nitrogens is 2. The minimum Gasteiger partial charge on any atom is -0.299 e. The van der Waals surface area contributed by atoms with Crippen LogP contribution in [-0.2, 0) is 6.54 Å². The molecule has 16 heavy (non-hydrogen) atoms. The van der Waals surface area contributed by atoms with Gasteiger partial charge in [0.05, 0.1) is 6.54 Å². The Morgan fingerprint density at radius 2 is 2.00 bits per heavy atom. The van der Waals surface area contributed by atoms with Crippen LogP contribution in [-0.4, -0.2) is 9.78 Å². The molecular weight excluding hydrogens is 275 g/mol. The summed E-state index contributed by atoms with van der Waals surface area (Å²) >= 11 is 3.20. The first-order valence-corrected chi connectivity index (χ1v) is 5.56. The number of nitrogens with one attached hydrogen (secondary N) is 1. The number of nitrogens with zero attached hydrogens (tertiary/aromatic N) is 1. The number of halogens is 2. The molecule has 0 fully saturated rings. The Labute approximate surface area is 100 Å². The Morgan fingerprint density at radius 1 is 1.38 bits per heavy atom. The van der Waals surface area contributed by atoms with E-state index in [1.807, 2.05) is 6.92 Å². The maximum absolute atomic E-state index is 12.7. The van der Waals surface area contributed by atoms with Gasteiger partial charge in [0.2, 0.25) is 0 Å². The van der Waals surface area contributed by atoms with E-state index in [1.165, 1.54) is 16.8 Å². The standard InChI is InChI=1S/C11H10BrFN2O/c1-7-10(12)11(16)15(14-7)6-8-2-4-9(13)5-3-8/h2-5,14H,6H2,1H3. The molecule has 0 bridgehead atoms. The topological polar surface area (TPSA) is 37.8 Å². The number of aromatic amines is 1. The van der Waals surface area contributed by atoms with Gasteiger partial charge in [-0.05, 0) is 40.5 Å². The third-order valence-electron chi connectivity index (χ3n) is 2.32. The van der Waals surface area contributed by atoms with Crippen molar-refractivity contribution >= 4 is 15.9 Å². The van der Waals surface area contributed by atoms with Crippen molar-refractivity contribution in [1.29, 1.82) is 0 Å². The number of H-pyrrole nitrogens is 1. The quantitative estimate of drug-likeness (QED) is 0.904. The summed E-state index contributed by atoms with van der Waals surface area (Å²) in [4.78, 5) is 11.7. The van der Waals surface area contributed by atoms with Crippen LogP contribution in [0.4, 0.5) is 4.39 Å². The molecule has 2 aromatic rings. The van der Waals surface area contributed by atoms with E-state index >= 15 is 0 Å². The molecule has 1 aromatic carbocycles. The van der Waals surface area contributed by atoms with Crippen molar-refractivity contribution in [2.75, 3.05) is 0 Å². The number of benzene rings is 1. The molecule has 0 saturated carbocycles. The number of rotatable bonds is 2. The highest BCUT2D eigenvalue weighted by atomic mass is 79.9. The van der Waals surface area contributed by atoms with Crippen LogP contribution in [0.2, 0.25) is 0 Å². The van der Waals surface area contributed by atoms with Gasteiger partial charge in [0.25, 0.3) is 5.56 Å². The average molecular weight is 285 g/mol. The predicted octanol–water partition coefficient (Wildman–Crippen LogP) is 2.43. The molecule has 1 N–H and O–H groups in total. The molecule has 5 heteroatoms. The third-order valence-corrected chi connectivity index (χ3v) is 3.25. The smallest absolute Gasteiger partial charge is 0.281 e. The van der Waals surface area contributed by atoms with E-state index < -0.39 is 0 Å². The molecule has 0 amide bonds. The highest BCUT2D eigenvalue weighted by Gasteiger charge is 2.07. The molecule has 3 nitrogen and oxygen atoms in total. The van der Waals surface area contributed by atoms with Crippen LogP contribution in [0.25, 0.3) is 0 Å². The minimum atomic E-state index is -0.278. The lowest BCUT2D eigenvalue weighted by Crippen LogP contribution is -2.17. The fourth-order valence-corrected chi connectivity index (χ4v) is 1.77. The van der Waals surface area contributed by atoms with Gasteiger partial charge in [-0.2, -0.15) is 0 Å². The van der Waals surface area contributed by atoms with Crippen molar-refractivity contribution in [3.05, 3.63) is 56.2 Å². The molecule has 0 radical (unpaired) electrons. The van der Waals surface area contributed by atoms with Gasteiger partial charge < -0.3 is 0 Å². The van der Waals surface area contributed by atoms with E-state index in [4.69, 9.17) is 0 Å². The van der Waals surface area contributed by atoms with Gasteiger partial charge in [-0.25, -0.2) is 9.07 Å². The Hall–Kier alpha value is -1.36. The van der Waals surface area contributed by atoms with Gasteiger partial charge in [-0.1, -0.05) is 12.1 Å². The molecule has 1 aromatic heterocycles. The zero-order chi connectivity index (χ0) is 11.7. The summed E-state index contributed by atoms with van der Waals surface area (Å²) in [5.74, 6) is -0.278. The monoisotopic (exact) mass is 284 g/mol. The van der Waals surface area contributed by atoms with E-state index in [1.54, 1.807) is 12.1 Å². The SMILES string of the molecule is Cc1[nH]n(Cc2ccc(F)cc2)c(=O)c1Br. The maximum atomic E-state index is 12.7. The molecule has 0 atom stereocenters. The van der Waals surface area contributed by atoms with Crippen molar-refractivity contribution in [2.24, 2.45) is 0 Å². The summed E-state index contributed by atoms with van der Waals surface area (Å²) in [5, 5.41) is 2.94. The molecule has 1 heterocycles. The second kappa shape index (κ2) is 4.25. The third kappa shape index (κ3) is 2.09. The van der Waals surface area contributed by atoms with Crippen LogP contribution in [0.1, 0.15) is 11.3 Å². The first-order chi connectivity index (χ1) is 7.58. The number of hydrogen-bond donors (Lipinski definition) is 1. The van der Waals surface area contributed by atoms with E-state index in [0.717, 1.165) is 11.3 Å². The van der Waals surface area contributed by atoms with Crippen LogP contribution in [0, 0.1) is 12.7 Å². The highest BCUT2D eigenvalue weighted by Crippen LogP contribution is 2.09. The van der Waals surface area contributed by atoms with E-state index in [9.17, 15) is 9.18 Å². The van der Waals surface area contributed by atoms with Crippen molar-refractivity contribution < 1.29 is 4.39 Å².